The highest BCUT2D eigenvalue weighted by Crippen LogP contribution is 2.30. The van der Waals surface area contributed by atoms with Crippen LogP contribution in [-0.2, 0) is 0 Å². The molecular weight excluding hydrogens is 391 g/mol. The number of hydrogen-bond donors (Lipinski definition) is 0. The van der Waals surface area contributed by atoms with Crippen LogP contribution in [0.5, 0.6) is 11.5 Å². The molecule has 1 heterocycles. The molecule has 31 heavy (non-hydrogen) atoms. The average Bonchev–Trinajstić information content (AvgIpc) is 2.82. The Morgan fingerprint density at radius 1 is 0.774 bits per heavy atom. The molecule has 0 aliphatic carbocycles. The third-order valence-corrected chi connectivity index (χ3v) is 5.81. The third-order valence-electron chi connectivity index (χ3n) is 5.81. The van der Waals surface area contributed by atoms with Crippen molar-refractivity contribution in [1.82, 2.24) is 9.80 Å². The van der Waals surface area contributed by atoms with Gasteiger partial charge < -0.3 is 9.47 Å². The largest absolute Gasteiger partial charge is 0.493 e. The van der Waals surface area contributed by atoms with Gasteiger partial charge in [0.1, 0.15) is 12.4 Å². The van der Waals surface area contributed by atoms with E-state index in [0.717, 1.165) is 49.8 Å². The van der Waals surface area contributed by atoms with Crippen molar-refractivity contribution in [2.45, 2.75) is 6.04 Å². The Balaban J connectivity index is 1.36. The van der Waals surface area contributed by atoms with Gasteiger partial charge in [0.2, 0.25) is 0 Å². The van der Waals surface area contributed by atoms with Crippen LogP contribution in [0.4, 0.5) is 4.39 Å². The van der Waals surface area contributed by atoms with E-state index >= 15 is 0 Å². The van der Waals surface area contributed by atoms with Crippen LogP contribution in [0, 0.1) is 5.82 Å². The van der Waals surface area contributed by atoms with Gasteiger partial charge in [-0.3, -0.25) is 9.80 Å². The lowest BCUT2D eigenvalue weighted by Gasteiger charge is -2.39. The van der Waals surface area contributed by atoms with Crippen LogP contribution < -0.4 is 9.47 Å². The maximum Gasteiger partial charge on any atom is 0.161 e. The minimum Gasteiger partial charge on any atom is -0.493 e. The van der Waals surface area contributed by atoms with Crippen molar-refractivity contribution in [3.8, 4) is 11.5 Å². The van der Waals surface area contributed by atoms with E-state index in [1.54, 1.807) is 19.2 Å². The summed E-state index contributed by atoms with van der Waals surface area (Å²) in [6, 6.07) is 25.3. The number of piperazine rings is 1. The molecule has 0 aromatic heterocycles. The highest BCUT2D eigenvalue weighted by Gasteiger charge is 2.26. The van der Waals surface area contributed by atoms with E-state index in [1.165, 1.54) is 5.56 Å². The second-order valence-electron chi connectivity index (χ2n) is 7.74. The number of nitrogens with zero attached hydrogens (tertiary/aromatic N) is 2. The summed E-state index contributed by atoms with van der Waals surface area (Å²) in [7, 11) is 1.66. The molecule has 0 amide bonds. The lowest BCUT2D eigenvalue weighted by Crippen LogP contribution is -2.48. The molecule has 4 rings (SSSR count). The summed E-state index contributed by atoms with van der Waals surface area (Å²) in [5.41, 5.74) is 2.36. The fraction of sp³-hybridized carbons (Fsp3) is 0.308. The number of benzene rings is 3. The Labute approximate surface area is 183 Å². The summed E-state index contributed by atoms with van der Waals surface area (Å²) >= 11 is 0. The smallest absolute Gasteiger partial charge is 0.161 e. The molecule has 0 bridgehead atoms. The van der Waals surface area contributed by atoms with Crippen molar-refractivity contribution in [2.75, 3.05) is 46.4 Å². The van der Waals surface area contributed by atoms with Crippen LogP contribution in [0.3, 0.4) is 0 Å². The molecule has 3 aromatic rings. The summed E-state index contributed by atoms with van der Waals surface area (Å²) in [5, 5.41) is 0. The lowest BCUT2D eigenvalue weighted by molar-refractivity contribution is 0.0972. The van der Waals surface area contributed by atoms with E-state index in [2.05, 4.69) is 34.1 Å². The Hall–Kier alpha value is -2.89. The van der Waals surface area contributed by atoms with Crippen molar-refractivity contribution in [1.29, 1.82) is 0 Å². The molecule has 1 aliphatic heterocycles. The van der Waals surface area contributed by atoms with Gasteiger partial charge in [-0.1, -0.05) is 54.6 Å². The van der Waals surface area contributed by atoms with E-state index in [4.69, 9.17) is 9.47 Å². The second kappa shape index (κ2) is 10.4. The zero-order valence-corrected chi connectivity index (χ0v) is 17.9. The van der Waals surface area contributed by atoms with Crippen LogP contribution >= 0.6 is 0 Å². The highest BCUT2D eigenvalue weighted by molar-refractivity contribution is 5.39. The summed E-state index contributed by atoms with van der Waals surface area (Å²) in [4.78, 5) is 4.92. The fourth-order valence-electron chi connectivity index (χ4n) is 4.16. The van der Waals surface area contributed by atoms with E-state index in [-0.39, 0.29) is 11.9 Å². The molecule has 0 N–H and O–H groups in total. The van der Waals surface area contributed by atoms with Gasteiger partial charge in [0, 0.05) is 32.7 Å². The molecule has 162 valence electrons. The predicted molar refractivity (Wildman–Crippen MR) is 121 cm³/mol. The normalized spacial score (nSPS) is 16.1. The number of para-hydroxylation sites is 2. The first-order valence-electron chi connectivity index (χ1n) is 10.8. The van der Waals surface area contributed by atoms with Gasteiger partial charge in [-0.2, -0.15) is 0 Å². The van der Waals surface area contributed by atoms with Crippen molar-refractivity contribution < 1.29 is 13.9 Å². The van der Waals surface area contributed by atoms with Gasteiger partial charge >= 0.3 is 0 Å². The van der Waals surface area contributed by atoms with Gasteiger partial charge in [-0.05, 0) is 35.4 Å². The van der Waals surface area contributed by atoms with Crippen LogP contribution in [0.25, 0.3) is 0 Å². The van der Waals surface area contributed by atoms with Gasteiger partial charge in [-0.25, -0.2) is 4.39 Å². The van der Waals surface area contributed by atoms with E-state index < -0.39 is 0 Å². The van der Waals surface area contributed by atoms with Gasteiger partial charge in [0.25, 0.3) is 0 Å². The summed E-state index contributed by atoms with van der Waals surface area (Å²) in [6.07, 6.45) is 0. The molecule has 1 saturated heterocycles. The van der Waals surface area contributed by atoms with Crippen molar-refractivity contribution >= 4 is 0 Å². The highest BCUT2D eigenvalue weighted by atomic mass is 19.1. The zero-order valence-electron chi connectivity index (χ0n) is 17.9. The molecule has 4 nitrogen and oxygen atoms in total. The van der Waals surface area contributed by atoms with Gasteiger partial charge in [0.15, 0.2) is 11.5 Å². The van der Waals surface area contributed by atoms with Crippen molar-refractivity contribution in [3.05, 3.63) is 95.8 Å². The maximum atomic E-state index is 13.5. The SMILES string of the molecule is COc1ccccc1OCCN1CCN([C@@H](c2ccccc2)c2ccc(F)cc2)CC1. The van der Waals surface area contributed by atoms with E-state index in [0.29, 0.717) is 6.61 Å². The number of rotatable bonds is 8. The van der Waals surface area contributed by atoms with E-state index in [9.17, 15) is 4.39 Å². The molecule has 5 heteroatoms. The Bertz CT molecular complexity index is 941. The maximum absolute atomic E-state index is 13.5. The Morgan fingerprint density at radius 2 is 1.39 bits per heavy atom. The monoisotopic (exact) mass is 420 g/mol. The molecule has 0 unspecified atom stereocenters. The first-order chi connectivity index (χ1) is 15.2. The minimum absolute atomic E-state index is 0.133. The average molecular weight is 421 g/mol. The van der Waals surface area contributed by atoms with Gasteiger partial charge in [-0.15, -0.1) is 0 Å². The van der Waals surface area contributed by atoms with Crippen molar-refractivity contribution in [2.24, 2.45) is 0 Å². The molecule has 1 fully saturated rings. The third kappa shape index (κ3) is 5.43. The van der Waals surface area contributed by atoms with E-state index in [1.807, 2.05) is 42.5 Å². The van der Waals surface area contributed by atoms with Crippen LogP contribution in [0.15, 0.2) is 78.9 Å². The fourth-order valence-corrected chi connectivity index (χ4v) is 4.16. The molecule has 3 aromatic carbocycles. The molecule has 1 aliphatic rings. The standard InChI is InChI=1S/C26H29FN2O2/c1-30-24-9-5-6-10-25(24)31-20-19-28-15-17-29(18-16-28)26(21-7-3-2-4-8-21)22-11-13-23(27)14-12-22/h2-14,26H,15-20H2,1H3/t26-/m0/s1. The first-order valence-corrected chi connectivity index (χ1v) is 10.8. The summed E-state index contributed by atoms with van der Waals surface area (Å²) < 4.78 is 24.8. The topological polar surface area (TPSA) is 24.9 Å². The van der Waals surface area contributed by atoms with Crippen LogP contribution in [0.2, 0.25) is 0 Å². The minimum atomic E-state index is -0.199. The molecule has 0 spiro atoms. The predicted octanol–water partition coefficient (Wildman–Crippen LogP) is 4.62. The first kappa shape index (κ1) is 21.3. The van der Waals surface area contributed by atoms with Crippen molar-refractivity contribution in [3.63, 3.8) is 0 Å². The quantitative estimate of drug-likeness (QED) is 0.531. The molecule has 0 saturated carbocycles. The number of hydrogen-bond acceptors (Lipinski definition) is 4. The number of halogens is 1. The second-order valence-corrected chi connectivity index (χ2v) is 7.74. The Morgan fingerprint density at radius 3 is 2.06 bits per heavy atom. The Kier molecular flexibility index (Phi) is 7.18. The van der Waals surface area contributed by atoms with Crippen LogP contribution in [0.1, 0.15) is 17.2 Å². The van der Waals surface area contributed by atoms with Crippen LogP contribution in [-0.4, -0.2) is 56.2 Å². The summed E-state index contributed by atoms with van der Waals surface area (Å²) in [6.45, 7) is 5.34. The molecule has 1 atom stereocenters. The number of methoxy groups -OCH3 is 1. The molecular formula is C26H29FN2O2. The molecule has 0 radical (unpaired) electrons. The summed E-state index contributed by atoms with van der Waals surface area (Å²) in [5.74, 6) is 1.34. The van der Waals surface area contributed by atoms with Gasteiger partial charge in [0.05, 0.1) is 13.2 Å². The lowest BCUT2D eigenvalue weighted by atomic mass is 9.96. The zero-order chi connectivity index (χ0) is 21.5. The number of ether oxygens (including phenoxy) is 2.